The molecule has 1 aromatic carbocycles. The molecule has 0 radical (unpaired) electrons. The summed E-state index contributed by atoms with van der Waals surface area (Å²) in [7, 11) is 0. The van der Waals surface area contributed by atoms with Crippen molar-refractivity contribution in [1.82, 2.24) is 0 Å². The highest BCUT2D eigenvalue weighted by molar-refractivity contribution is 5.40. The molecule has 0 heterocycles. The van der Waals surface area contributed by atoms with Crippen LogP contribution >= 0.6 is 0 Å². The van der Waals surface area contributed by atoms with Crippen molar-refractivity contribution in [1.29, 1.82) is 0 Å². The molecule has 2 rings (SSSR count). The Morgan fingerprint density at radius 1 is 1.00 bits per heavy atom. The molecule has 0 spiro atoms. The summed E-state index contributed by atoms with van der Waals surface area (Å²) in [6, 6.07) is 9.06. The zero-order valence-electron chi connectivity index (χ0n) is 10.7. The van der Waals surface area contributed by atoms with Crippen LogP contribution in [0.3, 0.4) is 0 Å². The molecule has 19 heavy (non-hydrogen) atoms. The van der Waals surface area contributed by atoms with E-state index in [1.807, 2.05) is 30.3 Å². The van der Waals surface area contributed by atoms with Crippen LogP contribution in [0.15, 0.2) is 40.3 Å². The molecule has 1 aliphatic rings. The van der Waals surface area contributed by atoms with Crippen LogP contribution in [-0.4, -0.2) is 17.7 Å². The van der Waals surface area contributed by atoms with E-state index in [2.05, 4.69) is 9.98 Å². The van der Waals surface area contributed by atoms with Crippen molar-refractivity contribution in [3.63, 3.8) is 0 Å². The second-order valence-electron chi connectivity index (χ2n) is 4.90. The number of rotatable bonds is 4. The summed E-state index contributed by atoms with van der Waals surface area (Å²) in [6.45, 7) is 0. The van der Waals surface area contributed by atoms with Crippen LogP contribution in [0.5, 0.6) is 0 Å². The van der Waals surface area contributed by atoms with E-state index < -0.39 is 11.6 Å². The molecule has 0 saturated heterocycles. The molecule has 1 unspecified atom stereocenters. The lowest BCUT2D eigenvalue weighted by atomic mass is 9.74. The number of hydrogen-bond donors (Lipinski definition) is 0. The van der Waals surface area contributed by atoms with Crippen molar-refractivity contribution in [3.05, 3.63) is 35.9 Å². The monoisotopic (exact) mass is 256 g/mol. The third kappa shape index (κ3) is 2.87. The number of carbonyl (C=O) groups excluding carboxylic acids is 2. The fourth-order valence-electron chi connectivity index (χ4n) is 2.89. The highest BCUT2D eigenvalue weighted by atomic mass is 16.1. The van der Waals surface area contributed by atoms with Gasteiger partial charge in [-0.1, -0.05) is 49.6 Å². The molecule has 4 nitrogen and oxygen atoms in total. The highest BCUT2D eigenvalue weighted by Crippen LogP contribution is 2.43. The SMILES string of the molecule is O=C=NC(c1ccccc1)C1(N=C=O)CCCCC1. The normalized spacial score (nSPS) is 18.7. The van der Waals surface area contributed by atoms with E-state index >= 15 is 0 Å². The van der Waals surface area contributed by atoms with E-state index in [0.717, 1.165) is 37.7 Å². The van der Waals surface area contributed by atoms with E-state index in [1.54, 1.807) is 12.2 Å². The Balaban J connectivity index is 2.45. The molecule has 1 fully saturated rings. The summed E-state index contributed by atoms with van der Waals surface area (Å²) < 4.78 is 0. The van der Waals surface area contributed by atoms with Crippen molar-refractivity contribution in [2.75, 3.05) is 0 Å². The van der Waals surface area contributed by atoms with E-state index in [4.69, 9.17) is 0 Å². The molecule has 0 bridgehead atoms. The summed E-state index contributed by atoms with van der Waals surface area (Å²) >= 11 is 0. The van der Waals surface area contributed by atoms with Gasteiger partial charge in [0.2, 0.25) is 12.2 Å². The molecule has 1 atom stereocenters. The molecule has 4 heteroatoms. The fraction of sp³-hybridized carbons (Fsp3) is 0.467. The molecular weight excluding hydrogens is 240 g/mol. The minimum absolute atomic E-state index is 0.437. The summed E-state index contributed by atoms with van der Waals surface area (Å²) in [5.41, 5.74) is 0.269. The maximum atomic E-state index is 10.8. The molecule has 0 aliphatic heterocycles. The van der Waals surface area contributed by atoms with E-state index in [0.29, 0.717) is 0 Å². The van der Waals surface area contributed by atoms with Gasteiger partial charge >= 0.3 is 0 Å². The number of aliphatic imine (C=N–C) groups is 2. The first-order valence-electron chi connectivity index (χ1n) is 6.53. The molecular formula is C15H16N2O2. The van der Waals surface area contributed by atoms with Crippen molar-refractivity contribution >= 4 is 12.2 Å². The Morgan fingerprint density at radius 2 is 1.68 bits per heavy atom. The fourth-order valence-corrected chi connectivity index (χ4v) is 2.89. The van der Waals surface area contributed by atoms with Gasteiger partial charge in [0.05, 0.1) is 0 Å². The number of hydrogen-bond acceptors (Lipinski definition) is 4. The van der Waals surface area contributed by atoms with Crippen LogP contribution in [0.2, 0.25) is 0 Å². The summed E-state index contributed by atoms with van der Waals surface area (Å²) in [6.07, 6.45) is 7.92. The van der Waals surface area contributed by atoms with Crippen LogP contribution < -0.4 is 0 Å². The Hall–Kier alpha value is -2.02. The summed E-state index contributed by atoms with van der Waals surface area (Å²) in [5, 5.41) is 0. The standard InChI is InChI=1S/C15H16N2O2/c18-11-16-14(13-7-3-1-4-8-13)15(17-12-19)9-5-2-6-10-15/h1,3-4,7-8,14H,2,5-6,9-10H2. The second-order valence-corrected chi connectivity index (χ2v) is 4.90. The number of benzene rings is 1. The lowest BCUT2D eigenvalue weighted by Gasteiger charge is -2.36. The van der Waals surface area contributed by atoms with Gasteiger partial charge in [-0.3, -0.25) is 0 Å². The zero-order chi connectivity index (χ0) is 13.6. The van der Waals surface area contributed by atoms with Crippen LogP contribution in [0, 0.1) is 0 Å². The number of isocyanates is 2. The average Bonchev–Trinajstić information content (AvgIpc) is 2.47. The van der Waals surface area contributed by atoms with Gasteiger partial charge in [-0.2, -0.15) is 9.98 Å². The molecule has 0 N–H and O–H groups in total. The predicted molar refractivity (Wildman–Crippen MR) is 71.2 cm³/mol. The van der Waals surface area contributed by atoms with Gasteiger partial charge in [-0.15, -0.1) is 0 Å². The first-order valence-corrected chi connectivity index (χ1v) is 6.53. The quantitative estimate of drug-likeness (QED) is 0.614. The predicted octanol–water partition coefficient (Wildman–Crippen LogP) is 3.10. The summed E-state index contributed by atoms with van der Waals surface area (Å²) in [4.78, 5) is 29.5. The third-order valence-electron chi connectivity index (χ3n) is 3.79. The maximum Gasteiger partial charge on any atom is 0.235 e. The zero-order valence-corrected chi connectivity index (χ0v) is 10.7. The Labute approximate surface area is 112 Å². The van der Waals surface area contributed by atoms with Crippen molar-refractivity contribution < 1.29 is 9.59 Å². The first-order chi connectivity index (χ1) is 9.32. The lowest BCUT2D eigenvalue weighted by Crippen LogP contribution is -2.35. The minimum atomic E-state index is -0.626. The van der Waals surface area contributed by atoms with Gasteiger partial charge in [-0.25, -0.2) is 9.59 Å². The van der Waals surface area contributed by atoms with E-state index in [9.17, 15) is 9.59 Å². The van der Waals surface area contributed by atoms with Gasteiger partial charge in [-0.05, 0) is 18.4 Å². The largest absolute Gasteiger partial charge is 0.235 e. The Kier molecular flexibility index (Phi) is 4.40. The number of nitrogens with zero attached hydrogens (tertiary/aromatic N) is 2. The molecule has 1 aliphatic carbocycles. The molecule has 0 amide bonds. The smallest absolute Gasteiger partial charge is 0.211 e. The summed E-state index contributed by atoms with van der Waals surface area (Å²) in [5.74, 6) is 0. The molecule has 1 aromatic rings. The molecule has 98 valence electrons. The topological polar surface area (TPSA) is 58.9 Å². The van der Waals surface area contributed by atoms with Crippen molar-refractivity contribution in [3.8, 4) is 0 Å². The minimum Gasteiger partial charge on any atom is -0.211 e. The van der Waals surface area contributed by atoms with Gasteiger partial charge in [0, 0.05) is 0 Å². The van der Waals surface area contributed by atoms with Crippen LogP contribution in [0.1, 0.15) is 43.7 Å². The van der Waals surface area contributed by atoms with Crippen LogP contribution in [0.4, 0.5) is 0 Å². The lowest BCUT2D eigenvalue weighted by molar-refractivity contribution is 0.252. The van der Waals surface area contributed by atoms with Gasteiger partial charge in [0.15, 0.2) is 0 Å². The first kappa shape index (κ1) is 13.4. The molecule has 0 aromatic heterocycles. The van der Waals surface area contributed by atoms with Crippen LogP contribution in [0.25, 0.3) is 0 Å². The van der Waals surface area contributed by atoms with Gasteiger partial charge < -0.3 is 0 Å². The second kappa shape index (κ2) is 6.24. The Morgan fingerprint density at radius 3 is 2.26 bits per heavy atom. The highest BCUT2D eigenvalue weighted by Gasteiger charge is 2.41. The van der Waals surface area contributed by atoms with E-state index in [-0.39, 0.29) is 0 Å². The van der Waals surface area contributed by atoms with Crippen molar-refractivity contribution in [2.24, 2.45) is 9.98 Å². The van der Waals surface area contributed by atoms with Gasteiger partial charge in [0.1, 0.15) is 11.6 Å². The van der Waals surface area contributed by atoms with E-state index in [1.165, 1.54) is 0 Å². The van der Waals surface area contributed by atoms with Gasteiger partial charge in [0.25, 0.3) is 0 Å². The Bertz CT molecular complexity index is 508. The molecule has 1 saturated carbocycles. The average molecular weight is 256 g/mol. The van der Waals surface area contributed by atoms with Crippen LogP contribution in [-0.2, 0) is 9.59 Å². The maximum absolute atomic E-state index is 10.8. The van der Waals surface area contributed by atoms with Crippen molar-refractivity contribution in [2.45, 2.75) is 43.7 Å². The third-order valence-corrected chi connectivity index (χ3v) is 3.79.